The van der Waals surface area contributed by atoms with Crippen molar-refractivity contribution in [3.05, 3.63) is 84.2 Å². The molecule has 0 radical (unpaired) electrons. The molecule has 3 aromatic carbocycles. The number of rotatable bonds is 2. The van der Waals surface area contributed by atoms with Gasteiger partial charge in [0.15, 0.2) is 11.4 Å². The van der Waals surface area contributed by atoms with Crippen LogP contribution < -0.4 is 0 Å². The lowest BCUT2D eigenvalue weighted by Gasteiger charge is -2.08. The van der Waals surface area contributed by atoms with E-state index in [0.717, 1.165) is 15.5 Å². The topological polar surface area (TPSA) is 41.6 Å². The van der Waals surface area contributed by atoms with Crippen molar-refractivity contribution < 1.29 is 13.2 Å². The van der Waals surface area contributed by atoms with Crippen LogP contribution in [0.25, 0.3) is 27.6 Å². The van der Waals surface area contributed by atoms with Crippen molar-refractivity contribution in [1.82, 2.24) is 9.78 Å². The number of nitrogens with zero attached hydrogens (tertiary/aromatic N) is 3. The molecule has 0 unspecified atom stereocenters. The third kappa shape index (κ3) is 2.93. The number of para-hydroxylation sites is 1. The van der Waals surface area contributed by atoms with Gasteiger partial charge in [-0.2, -0.15) is 23.5 Å². The predicted octanol–water partition coefficient (Wildman–Crippen LogP) is 5.58. The summed E-state index contributed by atoms with van der Waals surface area (Å²) in [4.78, 5) is 0. The van der Waals surface area contributed by atoms with Gasteiger partial charge in [-0.15, -0.1) is 0 Å². The zero-order valence-corrected chi connectivity index (χ0v) is 13.9. The van der Waals surface area contributed by atoms with Gasteiger partial charge in [-0.1, -0.05) is 54.6 Å². The van der Waals surface area contributed by atoms with Gasteiger partial charge < -0.3 is 0 Å². The van der Waals surface area contributed by atoms with Crippen LogP contribution in [-0.4, -0.2) is 9.78 Å². The van der Waals surface area contributed by atoms with Crippen molar-refractivity contribution in [2.75, 3.05) is 0 Å². The second kappa shape index (κ2) is 6.29. The summed E-state index contributed by atoms with van der Waals surface area (Å²) in [5.74, 6) is 0. The second-order valence-electron chi connectivity index (χ2n) is 5.99. The summed E-state index contributed by atoms with van der Waals surface area (Å²) in [6.45, 7) is 0. The quantitative estimate of drug-likeness (QED) is 0.466. The Hall–Kier alpha value is -3.59. The Labute approximate surface area is 152 Å². The molecule has 1 heterocycles. The van der Waals surface area contributed by atoms with Crippen molar-refractivity contribution in [3.63, 3.8) is 0 Å². The van der Waals surface area contributed by atoms with Gasteiger partial charge in [0.05, 0.1) is 11.3 Å². The molecule has 0 saturated carbocycles. The smallest absolute Gasteiger partial charge is 0.222 e. The van der Waals surface area contributed by atoms with Crippen molar-refractivity contribution in [2.24, 2.45) is 0 Å². The molecule has 0 fully saturated rings. The molecule has 1 aromatic heterocycles. The average Bonchev–Trinajstić information content (AvgIpc) is 3.08. The lowest BCUT2D eigenvalue weighted by molar-refractivity contribution is -0.140. The molecule has 4 rings (SSSR count). The highest BCUT2D eigenvalue weighted by Crippen LogP contribution is 2.40. The van der Waals surface area contributed by atoms with Crippen molar-refractivity contribution in [1.29, 1.82) is 5.26 Å². The molecule has 0 aliphatic carbocycles. The summed E-state index contributed by atoms with van der Waals surface area (Å²) in [6.07, 6.45) is -4.69. The molecule has 3 nitrogen and oxygen atoms in total. The van der Waals surface area contributed by atoms with E-state index in [1.807, 2.05) is 30.3 Å². The highest BCUT2D eigenvalue weighted by Gasteiger charge is 2.40. The molecule has 0 bridgehead atoms. The van der Waals surface area contributed by atoms with Crippen LogP contribution in [0.5, 0.6) is 0 Å². The number of benzene rings is 3. The molecule has 4 aromatic rings. The number of fused-ring (bicyclic) bond motifs is 1. The first kappa shape index (κ1) is 16.9. The fourth-order valence-electron chi connectivity index (χ4n) is 3.09. The Morgan fingerprint density at radius 2 is 1.52 bits per heavy atom. The minimum Gasteiger partial charge on any atom is -0.222 e. The van der Waals surface area contributed by atoms with Crippen LogP contribution in [0, 0.1) is 11.3 Å². The molecule has 6 heteroatoms. The minimum atomic E-state index is -4.69. The van der Waals surface area contributed by atoms with Gasteiger partial charge in [-0.05, 0) is 34.5 Å². The molecule has 0 amide bonds. The third-order valence-electron chi connectivity index (χ3n) is 4.30. The van der Waals surface area contributed by atoms with Crippen LogP contribution in [0.3, 0.4) is 0 Å². The van der Waals surface area contributed by atoms with Crippen LogP contribution in [-0.2, 0) is 6.18 Å². The second-order valence-corrected chi connectivity index (χ2v) is 5.99. The van der Waals surface area contributed by atoms with Gasteiger partial charge in [0, 0.05) is 0 Å². The number of hydrogen-bond acceptors (Lipinski definition) is 2. The summed E-state index contributed by atoms with van der Waals surface area (Å²) in [6, 6.07) is 22.6. The Morgan fingerprint density at radius 3 is 2.19 bits per heavy atom. The number of aromatic nitrogens is 2. The molecular weight excluding hydrogens is 351 g/mol. The van der Waals surface area contributed by atoms with E-state index in [2.05, 4.69) is 5.10 Å². The molecule has 27 heavy (non-hydrogen) atoms. The van der Waals surface area contributed by atoms with E-state index < -0.39 is 11.9 Å². The lowest BCUT2D eigenvalue weighted by Crippen LogP contribution is -2.08. The van der Waals surface area contributed by atoms with E-state index in [0.29, 0.717) is 11.3 Å². The van der Waals surface area contributed by atoms with Gasteiger partial charge in [0.25, 0.3) is 0 Å². The van der Waals surface area contributed by atoms with E-state index in [-0.39, 0.29) is 11.3 Å². The predicted molar refractivity (Wildman–Crippen MR) is 96.2 cm³/mol. The first-order chi connectivity index (χ1) is 13.0. The van der Waals surface area contributed by atoms with E-state index in [1.165, 1.54) is 0 Å². The zero-order valence-electron chi connectivity index (χ0n) is 13.9. The zero-order chi connectivity index (χ0) is 19.0. The van der Waals surface area contributed by atoms with Crippen molar-refractivity contribution >= 4 is 10.8 Å². The van der Waals surface area contributed by atoms with E-state index in [4.69, 9.17) is 0 Å². The maximum absolute atomic E-state index is 13.7. The summed E-state index contributed by atoms with van der Waals surface area (Å²) in [5.41, 5.74) is -0.729. The van der Waals surface area contributed by atoms with Gasteiger partial charge in [-0.3, -0.25) is 0 Å². The van der Waals surface area contributed by atoms with Gasteiger partial charge in [-0.25, -0.2) is 4.68 Å². The summed E-state index contributed by atoms with van der Waals surface area (Å²) >= 11 is 0. The highest BCUT2D eigenvalue weighted by molar-refractivity contribution is 5.88. The lowest BCUT2D eigenvalue weighted by atomic mass is 9.99. The van der Waals surface area contributed by atoms with Gasteiger partial charge >= 0.3 is 6.18 Å². The number of halogens is 3. The van der Waals surface area contributed by atoms with E-state index in [9.17, 15) is 18.4 Å². The number of hydrogen-bond donors (Lipinski definition) is 0. The molecular formula is C21H12F3N3. The van der Waals surface area contributed by atoms with Gasteiger partial charge in [0.2, 0.25) is 0 Å². The Balaban J connectivity index is 2.03. The molecule has 0 aliphatic rings. The van der Waals surface area contributed by atoms with E-state index in [1.54, 1.807) is 48.5 Å². The first-order valence-corrected chi connectivity index (χ1v) is 8.14. The summed E-state index contributed by atoms with van der Waals surface area (Å²) in [7, 11) is 0. The van der Waals surface area contributed by atoms with Crippen molar-refractivity contribution in [2.45, 2.75) is 6.18 Å². The standard InChI is InChI=1S/C21H12F3N3/c22-21(23,24)20-19(16-11-10-14-6-4-5-7-15(14)12-16)18(13-25)27(26-20)17-8-2-1-3-9-17/h1-12H. The molecule has 0 aliphatic heterocycles. The normalized spacial score (nSPS) is 11.5. The fourth-order valence-corrected chi connectivity index (χ4v) is 3.09. The number of nitriles is 1. The molecule has 132 valence electrons. The third-order valence-corrected chi connectivity index (χ3v) is 4.30. The Morgan fingerprint density at radius 1 is 0.852 bits per heavy atom. The average molecular weight is 363 g/mol. The maximum atomic E-state index is 13.7. The van der Waals surface area contributed by atoms with E-state index >= 15 is 0 Å². The highest BCUT2D eigenvalue weighted by atomic mass is 19.4. The van der Waals surface area contributed by atoms with Crippen LogP contribution in [0.2, 0.25) is 0 Å². The van der Waals surface area contributed by atoms with Crippen LogP contribution in [0.1, 0.15) is 11.4 Å². The Kier molecular flexibility index (Phi) is 3.93. The maximum Gasteiger partial charge on any atom is 0.435 e. The SMILES string of the molecule is N#Cc1c(-c2ccc3ccccc3c2)c(C(F)(F)F)nn1-c1ccccc1. The van der Waals surface area contributed by atoms with Crippen LogP contribution >= 0.6 is 0 Å². The van der Waals surface area contributed by atoms with Gasteiger partial charge in [0.1, 0.15) is 6.07 Å². The molecule has 0 atom stereocenters. The first-order valence-electron chi connectivity index (χ1n) is 8.14. The molecule has 0 spiro atoms. The van der Waals surface area contributed by atoms with Crippen LogP contribution in [0.15, 0.2) is 72.8 Å². The monoisotopic (exact) mass is 363 g/mol. The number of alkyl halides is 3. The van der Waals surface area contributed by atoms with Crippen molar-refractivity contribution in [3.8, 4) is 22.9 Å². The minimum absolute atomic E-state index is 0.149. The molecule has 0 saturated heterocycles. The fraction of sp³-hybridized carbons (Fsp3) is 0.0476. The Bertz CT molecular complexity index is 1170. The largest absolute Gasteiger partial charge is 0.435 e. The van der Waals surface area contributed by atoms with Crippen LogP contribution in [0.4, 0.5) is 13.2 Å². The summed E-state index contributed by atoms with van der Waals surface area (Å²) < 4.78 is 42.2. The summed E-state index contributed by atoms with van der Waals surface area (Å²) in [5, 5.41) is 15.1. The molecule has 0 N–H and O–H groups in total.